The number of nitrogens with zero attached hydrogens (tertiary/aromatic N) is 3. The van der Waals surface area contributed by atoms with Crippen molar-refractivity contribution in [3.8, 4) is 17.6 Å². The third-order valence-electron chi connectivity index (χ3n) is 6.09. The molecule has 1 aromatic heterocycles. The van der Waals surface area contributed by atoms with Crippen molar-refractivity contribution in [2.24, 2.45) is 0 Å². The lowest BCUT2D eigenvalue weighted by Gasteiger charge is -2.25. The van der Waals surface area contributed by atoms with Gasteiger partial charge in [0.25, 0.3) is 0 Å². The van der Waals surface area contributed by atoms with Crippen LogP contribution in [0.15, 0.2) is 42.5 Å². The largest absolute Gasteiger partial charge is 0.495 e. The minimum Gasteiger partial charge on any atom is -0.495 e. The van der Waals surface area contributed by atoms with Gasteiger partial charge in [-0.05, 0) is 38.1 Å². The van der Waals surface area contributed by atoms with Crippen molar-refractivity contribution >= 4 is 45.5 Å². The topological polar surface area (TPSA) is 109 Å². The van der Waals surface area contributed by atoms with E-state index in [1.165, 1.54) is 6.08 Å². The van der Waals surface area contributed by atoms with Gasteiger partial charge in [0, 0.05) is 42.9 Å². The first kappa shape index (κ1) is 27.2. The number of nitrogens with one attached hydrogen (secondary N) is 2. The van der Waals surface area contributed by atoms with Crippen LogP contribution in [0.25, 0.3) is 10.9 Å². The third-order valence-corrected chi connectivity index (χ3v) is 6.39. The van der Waals surface area contributed by atoms with Gasteiger partial charge in [0.1, 0.15) is 17.6 Å². The van der Waals surface area contributed by atoms with Crippen LogP contribution in [0.2, 0.25) is 5.02 Å². The normalized spacial score (nSPS) is 13.9. The van der Waals surface area contributed by atoms with E-state index in [4.69, 9.17) is 25.8 Å². The van der Waals surface area contributed by atoms with Gasteiger partial charge < -0.3 is 24.8 Å². The Morgan fingerprint density at radius 1 is 1.26 bits per heavy atom. The molecule has 0 unspecified atom stereocenters. The van der Waals surface area contributed by atoms with E-state index in [1.54, 1.807) is 38.3 Å². The summed E-state index contributed by atoms with van der Waals surface area (Å²) in [5.41, 5.74) is 3.27. The van der Waals surface area contributed by atoms with Crippen LogP contribution < -0.4 is 20.1 Å². The Morgan fingerprint density at radius 3 is 2.74 bits per heavy atom. The average Bonchev–Trinajstić information content (AvgIpc) is 2.90. The Labute approximate surface area is 226 Å². The molecule has 2 heterocycles. The Bertz CT molecular complexity index is 1400. The zero-order valence-corrected chi connectivity index (χ0v) is 22.4. The molecular formula is C28H30ClN5O4. The summed E-state index contributed by atoms with van der Waals surface area (Å²) >= 11 is 6.33. The molecule has 10 heteroatoms. The van der Waals surface area contributed by atoms with E-state index in [0.717, 1.165) is 13.1 Å². The van der Waals surface area contributed by atoms with Crippen LogP contribution in [0, 0.1) is 18.3 Å². The molecule has 1 aliphatic heterocycles. The predicted octanol–water partition coefficient (Wildman–Crippen LogP) is 5.05. The second-order valence-corrected chi connectivity index (χ2v) is 9.04. The van der Waals surface area contributed by atoms with Crippen LogP contribution in [-0.2, 0) is 9.53 Å². The lowest BCUT2D eigenvalue weighted by molar-refractivity contribution is -0.111. The standard InChI is InChI=1S/C28H30ClN5O4/c1-4-38-26-16-23-20(15-24(26)33-27(35)6-5-9-34-10-12-37-13-11-34)28(21(17-30)18(2)31-23)32-19-7-8-25(36-3)22(29)14-19/h5-8,14-16H,4,9-13H2,1-3H3,(H,31,32)(H,33,35)/b6-5+. The molecule has 0 saturated carbocycles. The maximum Gasteiger partial charge on any atom is 0.248 e. The van der Waals surface area contributed by atoms with Crippen molar-refractivity contribution in [3.05, 3.63) is 58.8 Å². The van der Waals surface area contributed by atoms with Gasteiger partial charge in [-0.3, -0.25) is 14.7 Å². The fourth-order valence-electron chi connectivity index (χ4n) is 4.21. The molecular weight excluding hydrogens is 506 g/mol. The zero-order valence-electron chi connectivity index (χ0n) is 21.6. The molecule has 1 saturated heterocycles. The van der Waals surface area contributed by atoms with E-state index in [1.807, 2.05) is 19.1 Å². The first-order valence-corrected chi connectivity index (χ1v) is 12.7. The number of benzene rings is 2. The molecule has 1 aliphatic rings. The molecule has 0 spiro atoms. The summed E-state index contributed by atoms with van der Waals surface area (Å²) in [5, 5.41) is 17.3. The number of fused-ring (bicyclic) bond motifs is 1. The van der Waals surface area contributed by atoms with Crippen molar-refractivity contribution in [2.75, 3.05) is 57.2 Å². The van der Waals surface area contributed by atoms with Gasteiger partial charge in [-0.1, -0.05) is 17.7 Å². The molecule has 0 bridgehead atoms. The van der Waals surface area contributed by atoms with Crippen molar-refractivity contribution in [3.63, 3.8) is 0 Å². The highest BCUT2D eigenvalue weighted by Gasteiger charge is 2.18. The highest BCUT2D eigenvalue weighted by atomic mass is 35.5. The van der Waals surface area contributed by atoms with E-state index >= 15 is 0 Å². The van der Waals surface area contributed by atoms with Crippen LogP contribution in [0.4, 0.5) is 17.1 Å². The van der Waals surface area contributed by atoms with Gasteiger partial charge in [0.15, 0.2) is 0 Å². The van der Waals surface area contributed by atoms with Crippen LogP contribution in [0.3, 0.4) is 0 Å². The number of carbonyl (C=O) groups is 1. The number of methoxy groups -OCH3 is 1. The van der Waals surface area contributed by atoms with Crippen molar-refractivity contribution in [1.29, 1.82) is 5.26 Å². The van der Waals surface area contributed by atoms with Crippen molar-refractivity contribution < 1.29 is 19.0 Å². The second kappa shape index (κ2) is 12.6. The molecule has 1 amide bonds. The summed E-state index contributed by atoms with van der Waals surface area (Å²) in [6.45, 7) is 7.81. The van der Waals surface area contributed by atoms with Crippen LogP contribution >= 0.6 is 11.6 Å². The van der Waals surface area contributed by atoms with E-state index in [9.17, 15) is 10.1 Å². The monoisotopic (exact) mass is 535 g/mol. The lowest BCUT2D eigenvalue weighted by Crippen LogP contribution is -2.36. The molecule has 4 rings (SSSR count). The number of aromatic nitrogens is 1. The number of ether oxygens (including phenoxy) is 3. The number of amides is 1. The molecule has 0 aliphatic carbocycles. The SMILES string of the molecule is CCOc1cc2nc(C)c(C#N)c(Nc3ccc(OC)c(Cl)c3)c2cc1NC(=O)/C=C/CN1CCOCC1. The maximum atomic E-state index is 12.8. The molecule has 0 atom stereocenters. The van der Waals surface area contributed by atoms with Gasteiger partial charge in [0.2, 0.25) is 5.91 Å². The van der Waals surface area contributed by atoms with E-state index in [-0.39, 0.29) is 5.91 Å². The summed E-state index contributed by atoms with van der Waals surface area (Å²) in [5.74, 6) is 0.752. The van der Waals surface area contributed by atoms with Gasteiger partial charge in [0.05, 0.1) is 60.1 Å². The number of carbonyl (C=O) groups excluding carboxylic acids is 1. The van der Waals surface area contributed by atoms with Crippen molar-refractivity contribution in [2.45, 2.75) is 13.8 Å². The van der Waals surface area contributed by atoms with Crippen LogP contribution in [-0.4, -0.2) is 62.4 Å². The minimum absolute atomic E-state index is 0.282. The number of aryl methyl sites for hydroxylation is 1. The number of nitriles is 1. The number of hydrogen-bond acceptors (Lipinski definition) is 8. The summed E-state index contributed by atoms with van der Waals surface area (Å²) in [7, 11) is 1.55. The molecule has 2 aromatic carbocycles. The molecule has 0 radical (unpaired) electrons. The van der Waals surface area contributed by atoms with Crippen LogP contribution in [0.1, 0.15) is 18.2 Å². The average molecular weight is 536 g/mol. The second-order valence-electron chi connectivity index (χ2n) is 8.64. The lowest BCUT2D eigenvalue weighted by atomic mass is 10.0. The number of halogens is 1. The van der Waals surface area contributed by atoms with E-state index < -0.39 is 0 Å². The minimum atomic E-state index is -0.282. The molecule has 198 valence electrons. The quantitative estimate of drug-likeness (QED) is 0.367. The number of anilines is 3. The first-order chi connectivity index (χ1) is 18.4. The van der Waals surface area contributed by atoms with Crippen molar-refractivity contribution in [1.82, 2.24) is 9.88 Å². The number of morpholine rings is 1. The summed E-state index contributed by atoms with van der Waals surface area (Å²) in [6, 6.07) is 11.1. The smallest absolute Gasteiger partial charge is 0.248 e. The fourth-order valence-corrected chi connectivity index (χ4v) is 4.47. The molecule has 38 heavy (non-hydrogen) atoms. The highest BCUT2D eigenvalue weighted by Crippen LogP contribution is 2.38. The van der Waals surface area contributed by atoms with E-state index in [2.05, 4.69) is 26.6 Å². The summed E-state index contributed by atoms with van der Waals surface area (Å²) in [4.78, 5) is 19.6. The Morgan fingerprint density at radius 2 is 2.05 bits per heavy atom. The van der Waals surface area contributed by atoms with Gasteiger partial charge in [-0.25, -0.2) is 0 Å². The number of rotatable bonds is 9. The molecule has 2 N–H and O–H groups in total. The molecule has 9 nitrogen and oxygen atoms in total. The van der Waals surface area contributed by atoms with Crippen LogP contribution in [0.5, 0.6) is 11.5 Å². The first-order valence-electron chi connectivity index (χ1n) is 12.3. The fraction of sp³-hybridized carbons (Fsp3) is 0.321. The van der Waals surface area contributed by atoms with E-state index in [0.29, 0.717) is 82.1 Å². The number of hydrogen-bond donors (Lipinski definition) is 2. The summed E-state index contributed by atoms with van der Waals surface area (Å²) in [6.07, 6.45) is 3.35. The summed E-state index contributed by atoms with van der Waals surface area (Å²) < 4.78 is 16.4. The molecule has 1 fully saturated rings. The van der Waals surface area contributed by atoms with Gasteiger partial charge in [-0.15, -0.1) is 0 Å². The predicted molar refractivity (Wildman–Crippen MR) is 149 cm³/mol. The van der Waals surface area contributed by atoms with Gasteiger partial charge in [-0.2, -0.15) is 5.26 Å². The third kappa shape index (κ3) is 6.34. The Balaban J connectivity index is 1.69. The van der Waals surface area contributed by atoms with Gasteiger partial charge >= 0.3 is 0 Å². The Kier molecular flexibility index (Phi) is 9.02. The maximum absolute atomic E-state index is 12.8. The molecule has 3 aromatic rings. The highest BCUT2D eigenvalue weighted by molar-refractivity contribution is 6.32. The Hall–Kier alpha value is -3.84. The number of pyridine rings is 1. The zero-order chi connectivity index (χ0) is 27.1.